The summed E-state index contributed by atoms with van der Waals surface area (Å²) in [6.07, 6.45) is 1.03. The molecule has 2 aliphatic rings. The monoisotopic (exact) mass is 456 g/mol. The van der Waals surface area contributed by atoms with Gasteiger partial charge in [0.05, 0.1) is 21.6 Å². The van der Waals surface area contributed by atoms with Gasteiger partial charge in [-0.05, 0) is 58.7 Å². The molecule has 1 unspecified atom stereocenters. The van der Waals surface area contributed by atoms with Crippen LogP contribution in [0, 0.1) is 6.92 Å². The number of aromatic nitrogens is 1. The molecule has 2 fully saturated rings. The Morgan fingerprint density at radius 3 is 2.47 bits per heavy atom. The van der Waals surface area contributed by atoms with Crippen molar-refractivity contribution in [3.05, 3.63) is 41.0 Å². The summed E-state index contributed by atoms with van der Waals surface area (Å²) in [4.78, 5) is 35.2. The number of rotatable bonds is 4. The van der Waals surface area contributed by atoms with E-state index in [4.69, 9.17) is 4.74 Å². The number of likely N-dealkylation sites (tertiary alicyclic amines) is 2. The predicted octanol–water partition coefficient (Wildman–Crippen LogP) is 3.77. The summed E-state index contributed by atoms with van der Waals surface area (Å²) in [5, 5.41) is 3.29. The van der Waals surface area contributed by atoms with E-state index in [1.165, 1.54) is 4.88 Å². The lowest BCUT2D eigenvalue weighted by molar-refractivity contribution is -0.130. The quantitative estimate of drug-likeness (QED) is 0.758. The van der Waals surface area contributed by atoms with E-state index in [1.54, 1.807) is 16.2 Å². The van der Waals surface area contributed by atoms with Crippen LogP contribution in [0.15, 0.2) is 29.8 Å². The maximum Gasteiger partial charge on any atom is 0.410 e. The van der Waals surface area contributed by atoms with Crippen molar-refractivity contribution in [2.24, 2.45) is 0 Å². The predicted molar refractivity (Wildman–Crippen MR) is 126 cm³/mol. The molecule has 2 aromatic rings. The number of hydrogen-bond acceptors (Lipinski definition) is 6. The van der Waals surface area contributed by atoms with Gasteiger partial charge in [-0.25, -0.2) is 9.78 Å². The molecule has 0 spiro atoms. The third-order valence-corrected chi connectivity index (χ3v) is 7.05. The van der Waals surface area contributed by atoms with Crippen LogP contribution in [0.1, 0.15) is 44.9 Å². The summed E-state index contributed by atoms with van der Waals surface area (Å²) in [6, 6.07) is 7.91. The highest BCUT2D eigenvalue weighted by molar-refractivity contribution is 7.13. The van der Waals surface area contributed by atoms with Crippen LogP contribution in [0.2, 0.25) is 0 Å². The molecule has 7 nitrogen and oxygen atoms in total. The Hall–Kier alpha value is -2.45. The van der Waals surface area contributed by atoms with Crippen LogP contribution in [-0.4, -0.2) is 65.1 Å². The number of carbonyl (C=O) groups excluding carboxylic acids is 2. The van der Waals surface area contributed by atoms with E-state index in [0.717, 1.165) is 36.3 Å². The van der Waals surface area contributed by atoms with Crippen molar-refractivity contribution < 1.29 is 14.3 Å². The van der Waals surface area contributed by atoms with Crippen LogP contribution in [0.3, 0.4) is 0 Å². The minimum atomic E-state index is -0.587. The number of carbonyl (C=O) groups is 2. The molecule has 8 heteroatoms. The zero-order valence-corrected chi connectivity index (χ0v) is 20.3. The molecule has 1 aromatic heterocycles. The normalized spacial score (nSPS) is 20.7. The van der Waals surface area contributed by atoms with Gasteiger partial charge in [0.2, 0.25) is 5.91 Å². The molecule has 3 heterocycles. The lowest BCUT2D eigenvalue weighted by Gasteiger charge is -2.50. The summed E-state index contributed by atoms with van der Waals surface area (Å²) in [6.45, 7) is 9.54. The Kier molecular flexibility index (Phi) is 6.02. The molecule has 172 valence electrons. The zero-order valence-electron chi connectivity index (χ0n) is 19.5. The minimum Gasteiger partial charge on any atom is -0.444 e. The van der Waals surface area contributed by atoms with Crippen LogP contribution >= 0.6 is 11.3 Å². The summed E-state index contributed by atoms with van der Waals surface area (Å²) >= 11 is 1.63. The van der Waals surface area contributed by atoms with Crippen molar-refractivity contribution in [1.29, 1.82) is 0 Å². The molecule has 0 bridgehead atoms. The van der Waals surface area contributed by atoms with E-state index in [-0.39, 0.29) is 5.91 Å². The van der Waals surface area contributed by atoms with Gasteiger partial charge in [-0.2, -0.15) is 0 Å². The van der Waals surface area contributed by atoms with Gasteiger partial charge in [-0.1, -0.05) is 24.3 Å². The van der Waals surface area contributed by atoms with Gasteiger partial charge >= 0.3 is 6.09 Å². The van der Waals surface area contributed by atoms with Crippen molar-refractivity contribution in [2.45, 2.75) is 57.7 Å². The van der Waals surface area contributed by atoms with Crippen molar-refractivity contribution in [3.8, 4) is 10.4 Å². The smallest absolute Gasteiger partial charge is 0.410 e. The summed E-state index contributed by atoms with van der Waals surface area (Å²) < 4.78 is 5.53. The molecule has 1 N–H and O–H groups in total. The second-order valence-electron chi connectivity index (χ2n) is 9.92. The molecule has 2 saturated heterocycles. The first-order chi connectivity index (χ1) is 15.1. The minimum absolute atomic E-state index is 0.108. The summed E-state index contributed by atoms with van der Waals surface area (Å²) in [5.41, 5.74) is 4.06. The van der Waals surface area contributed by atoms with Crippen LogP contribution in [0.5, 0.6) is 0 Å². The largest absolute Gasteiger partial charge is 0.444 e. The molecular formula is C24H32N4O3S. The van der Waals surface area contributed by atoms with Crippen LogP contribution in [-0.2, 0) is 15.1 Å². The number of benzene rings is 1. The van der Waals surface area contributed by atoms with Crippen molar-refractivity contribution in [1.82, 2.24) is 20.1 Å². The molecular weight excluding hydrogens is 424 g/mol. The number of nitrogens with one attached hydrogen (secondary N) is 1. The fraction of sp³-hybridized carbons (Fsp3) is 0.542. The van der Waals surface area contributed by atoms with Crippen LogP contribution in [0.4, 0.5) is 4.79 Å². The van der Waals surface area contributed by atoms with Gasteiger partial charge in [-0.15, -0.1) is 11.3 Å². The van der Waals surface area contributed by atoms with E-state index in [9.17, 15) is 9.59 Å². The first-order valence-corrected chi connectivity index (χ1v) is 12.0. The van der Waals surface area contributed by atoms with E-state index in [0.29, 0.717) is 13.0 Å². The van der Waals surface area contributed by atoms with E-state index < -0.39 is 23.3 Å². The number of amides is 2. The molecule has 2 amide bonds. The lowest BCUT2D eigenvalue weighted by atomic mass is 9.82. The number of ether oxygens (including phenoxy) is 1. The molecule has 0 aliphatic carbocycles. The Bertz CT molecular complexity index is 989. The Balaban J connectivity index is 1.51. The maximum atomic E-state index is 13.3. The second kappa shape index (κ2) is 8.48. The maximum absolute atomic E-state index is 13.3. The number of nitrogens with zero attached hydrogens (tertiary/aromatic N) is 3. The number of aryl methyl sites for hydroxylation is 1. The van der Waals surface area contributed by atoms with Gasteiger partial charge in [0.1, 0.15) is 11.6 Å². The average molecular weight is 457 g/mol. The highest BCUT2D eigenvalue weighted by atomic mass is 32.1. The van der Waals surface area contributed by atoms with Crippen molar-refractivity contribution in [2.75, 3.05) is 26.7 Å². The topological polar surface area (TPSA) is 74.8 Å². The van der Waals surface area contributed by atoms with Crippen molar-refractivity contribution >= 4 is 23.3 Å². The first kappa shape index (κ1) is 22.7. The average Bonchev–Trinajstić information content (AvgIpc) is 3.34. The van der Waals surface area contributed by atoms with E-state index in [1.807, 2.05) is 40.3 Å². The fourth-order valence-electron chi connectivity index (χ4n) is 4.63. The molecule has 0 radical (unpaired) electrons. The van der Waals surface area contributed by atoms with E-state index >= 15 is 0 Å². The summed E-state index contributed by atoms with van der Waals surface area (Å²) in [5.74, 6) is -0.108. The number of hydrogen-bond donors (Lipinski definition) is 1. The van der Waals surface area contributed by atoms with Gasteiger partial charge < -0.3 is 15.0 Å². The van der Waals surface area contributed by atoms with Gasteiger partial charge in [0.25, 0.3) is 0 Å². The Morgan fingerprint density at radius 2 is 1.91 bits per heavy atom. The third-order valence-electron chi connectivity index (χ3n) is 6.07. The van der Waals surface area contributed by atoms with Crippen LogP contribution in [0.25, 0.3) is 10.4 Å². The lowest BCUT2D eigenvalue weighted by Crippen LogP contribution is -2.68. The molecule has 0 saturated carbocycles. The number of likely N-dealkylation sites (N-methyl/N-ethyl adjacent to an activating group) is 1. The number of thiazole rings is 1. The van der Waals surface area contributed by atoms with Gasteiger partial charge in [0.15, 0.2) is 0 Å². The third kappa shape index (κ3) is 4.52. The highest BCUT2D eigenvalue weighted by Crippen LogP contribution is 2.34. The van der Waals surface area contributed by atoms with Gasteiger partial charge in [-0.3, -0.25) is 9.69 Å². The molecule has 2 aliphatic heterocycles. The van der Waals surface area contributed by atoms with Crippen LogP contribution < -0.4 is 5.32 Å². The second-order valence-corrected chi connectivity index (χ2v) is 10.8. The fourth-order valence-corrected chi connectivity index (χ4v) is 5.44. The summed E-state index contributed by atoms with van der Waals surface area (Å²) in [7, 11) is 2.04. The molecule has 32 heavy (non-hydrogen) atoms. The Labute approximate surface area is 193 Å². The van der Waals surface area contributed by atoms with E-state index in [2.05, 4.69) is 39.5 Å². The van der Waals surface area contributed by atoms with Gasteiger partial charge in [0, 0.05) is 19.6 Å². The molecule has 1 atom stereocenters. The Morgan fingerprint density at radius 1 is 1.22 bits per heavy atom. The highest BCUT2D eigenvalue weighted by Gasteiger charge is 2.46. The standard InChI is InChI=1S/C24H32N4O3S/c1-16-20(32-15-25-16)17-8-10-18(11-9-17)24(13-27(5)14-24)26-21(29)19-7-6-12-28(19)22(30)31-23(2,3)4/h8-11,15,19H,6-7,12-14H2,1-5H3,(H,26,29). The molecule has 1 aromatic carbocycles. The first-order valence-electron chi connectivity index (χ1n) is 11.1. The zero-order chi connectivity index (χ0) is 23.1. The SMILES string of the molecule is Cc1ncsc1-c1ccc(C2(NC(=O)C3CCCN3C(=O)OC(C)(C)C)CN(C)C2)cc1. The van der Waals surface area contributed by atoms with Crippen molar-refractivity contribution in [3.63, 3.8) is 0 Å². The molecule has 4 rings (SSSR count).